The van der Waals surface area contributed by atoms with Crippen LogP contribution in [0.2, 0.25) is 0 Å². The standard InChI is InChI=1S/C17H27NO2/c1-12(2)9-13-5-7-15(18-11-13)14-6-8-16(19-3)17(10-14)20-4/h6,8,10,12-13,15,18H,5,7,9,11H2,1-4H3/t13-,15-/m0/s1. The summed E-state index contributed by atoms with van der Waals surface area (Å²) in [5.41, 5.74) is 1.30. The van der Waals surface area contributed by atoms with Gasteiger partial charge in [-0.1, -0.05) is 19.9 Å². The molecule has 3 nitrogen and oxygen atoms in total. The topological polar surface area (TPSA) is 30.5 Å². The fraction of sp³-hybridized carbons (Fsp3) is 0.647. The number of methoxy groups -OCH3 is 2. The molecule has 0 spiro atoms. The maximum Gasteiger partial charge on any atom is 0.161 e. The van der Waals surface area contributed by atoms with Crippen LogP contribution in [0.3, 0.4) is 0 Å². The average molecular weight is 277 g/mol. The Morgan fingerprint density at radius 1 is 1.15 bits per heavy atom. The van der Waals surface area contributed by atoms with Crippen molar-refractivity contribution in [3.8, 4) is 11.5 Å². The van der Waals surface area contributed by atoms with E-state index in [9.17, 15) is 0 Å². The van der Waals surface area contributed by atoms with Crippen LogP contribution in [0.25, 0.3) is 0 Å². The van der Waals surface area contributed by atoms with Crippen molar-refractivity contribution in [3.05, 3.63) is 23.8 Å². The Hall–Kier alpha value is -1.22. The molecule has 2 atom stereocenters. The Labute approximate surface area is 122 Å². The maximum absolute atomic E-state index is 5.39. The third-order valence-electron chi connectivity index (χ3n) is 4.13. The molecule has 1 aromatic rings. The first-order valence-electron chi connectivity index (χ1n) is 7.59. The van der Waals surface area contributed by atoms with Gasteiger partial charge in [-0.05, 0) is 55.3 Å². The molecular weight excluding hydrogens is 250 g/mol. The van der Waals surface area contributed by atoms with Crippen molar-refractivity contribution in [2.75, 3.05) is 20.8 Å². The van der Waals surface area contributed by atoms with Gasteiger partial charge < -0.3 is 14.8 Å². The summed E-state index contributed by atoms with van der Waals surface area (Å²) in [5.74, 6) is 3.23. The van der Waals surface area contributed by atoms with Crippen LogP contribution in [0.5, 0.6) is 11.5 Å². The van der Waals surface area contributed by atoms with E-state index in [1.807, 2.05) is 6.07 Å². The monoisotopic (exact) mass is 277 g/mol. The second-order valence-corrected chi connectivity index (χ2v) is 6.15. The molecule has 0 radical (unpaired) electrons. The highest BCUT2D eigenvalue weighted by Crippen LogP contribution is 2.34. The molecule has 0 unspecified atom stereocenters. The third kappa shape index (κ3) is 3.66. The van der Waals surface area contributed by atoms with E-state index in [0.717, 1.165) is 29.9 Å². The lowest BCUT2D eigenvalue weighted by Gasteiger charge is -2.31. The van der Waals surface area contributed by atoms with Gasteiger partial charge in [0.05, 0.1) is 14.2 Å². The Morgan fingerprint density at radius 3 is 2.45 bits per heavy atom. The van der Waals surface area contributed by atoms with Crippen LogP contribution >= 0.6 is 0 Å². The summed E-state index contributed by atoms with van der Waals surface area (Å²) in [6, 6.07) is 6.68. The van der Waals surface area contributed by atoms with E-state index in [-0.39, 0.29) is 0 Å². The van der Waals surface area contributed by atoms with E-state index in [1.165, 1.54) is 24.8 Å². The zero-order valence-corrected chi connectivity index (χ0v) is 13.1. The summed E-state index contributed by atoms with van der Waals surface area (Å²) < 4.78 is 10.7. The second kappa shape index (κ2) is 6.98. The van der Waals surface area contributed by atoms with Gasteiger partial charge in [-0.3, -0.25) is 0 Å². The summed E-state index contributed by atoms with van der Waals surface area (Å²) in [6.07, 6.45) is 3.84. The van der Waals surface area contributed by atoms with E-state index in [2.05, 4.69) is 31.3 Å². The molecule has 1 heterocycles. The molecule has 3 heteroatoms. The predicted molar refractivity (Wildman–Crippen MR) is 82.5 cm³/mol. The minimum absolute atomic E-state index is 0.443. The van der Waals surface area contributed by atoms with Crippen molar-refractivity contribution in [1.82, 2.24) is 5.32 Å². The van der Waals surface area contributed by atoms with Gasteiger partial charge in [0, 0.05) is 6.04 Å². The van der Waals surface area contributed by atoms with Crippen molar-refractivity contribution in [2.45, 2.75) is 39.2 Å². The molecule has 0 bridgehead atoms. The predicted octanol–water partition coefficient (Wildman–Crippen LogP) is 3.79. The molecule has 1 aromatic carbocycles. The summed E-state index contributed by atoms with van der Waals surface area (Å²) in [7, 11) is 3.36. The Kier molecular flexibility index (Phi) is 5.30. The van der Waals surface area contributed by atoms with E-state index in [4.69, 9.17) is 9.47 Å². The van der Waals surface area contributed by atoms with E-state index in [1.54, 1.807) is 14.2 Å². The average Bonchev–Trinajstić information content (AvgIpc) is 2.46. The molecule has 1 fully saturated rings. The van der Waals surface area contributed by atoms with Gasteiger partial charge in [0.1, 0.15) is 0 Å². The lowest BCUT2D eigenvalue weighted by atomic mass is 9.86. The smallest absolute Gasteiger partial charge is 0.161 e. The highest BCUT2D eigenvalue weighted by Gasteiger charge is 2.23. The number of benzene rings is 1. The van der Waals surface area contributed by atoms with Crippen LogP contribution in [0, 0.1) is 11.8 Å². The maximum atomic E-state index is 5.39. The summed E-state index contributed by atoms with van der Waals surface area (Å²) in [5, 5.41) is 3.68. The van der Waals surface area contributed by atoms with Crippen molar-refractivity contribution in [1.29, 1.82) is 0 Å². The number of rotatable bonds is 5. The first-order chi connectivity index (χ1) is 9.63. The Balaban J connectivity index is 2.00. The molecule has 2 rings (SSSR count). The van der Waals surface area contributed by atoms with Crippen LogP contribution in [-0.2, 0) is 0 Å². The summed E-state index contributed by atoms with van der Waals surface area (Å²) in [6.45, 7) is 5.73. The SMILES string of the molecule is COc1ccc([C@@H]2CC[C@@H](CC(C)C)CN2)cc1OC. The molecule has 0 aromatic heterocycles. The highest BCUT2D eigenvalue weighted by molar-refractivity contribution is 5.43. The molecule has 0 aliphatic carbocycles. The van der Waals surface area contributed by atoms with Gasteiger partial charge in [-0.2, -0.15) is 0 Å². The number of hydrogen-bond acceptors (Lipinski definition) is 3. The first kappa shape index (κ1) is 15.2. The summed E-state index contributed by atoms with van der Waals surface area (Å²) in [4.78, 5) is 0. The van der Waals surface area contributed by atoms with Crippen molar-refractivity contribution in [2.24, 2.45) is 11.8 Å². The van der Waals surface area contributed by atoms with Crippen molar-refractivity contribution >= 4 is 0 Å². The van der Waals surface area contributed by atoms with Crippen LogP contribution in [0.15, 0.2) is 18.2 Å². The molecule has 0 saturated carbocycles. The molecule has 1 aliphatic rings. The molecule has 112 valence electrons. The minimum atomic E-state index is 0.443. The Bertz CT molecular complexity index is 423. The van der Waals surface area contributed by atoms with Crippen LogP contribution < -0.4 is 14.8 Å². The number of piperidine rings is 1. The van der Waals surface area contributed by atoms with Gasteiger partial charge in [0.2, 0.25) is 0 Å². The molecule has 20 heavy (non-hydrogen) atoms. The Morgan fingerprint density at radius 2 is 1.90 bits per heavy atom. The number of nitrogens with one attached hydrogen (secondary N) is 1. The van der Waals surface area contributed by atoms with Gasteiger partial charge in [0.25, 0.3) is 0 Å². The van der Waals surface area contributed by atoms with Gasteiger partial charge in [-0.15, -0.1) is 0 Å². The van der Waals surface area contributed by atoms with Crippen LogP contribution in [-0.4, -0.2) is 20.8 Å². The van der Waals surface area contributed by atoms with E-state index >= 15 is 0 Å². The van der Waals surface area contributed by atoms with Gasteiger partial charge >= 0.3 is 0 Å². The lowest BCUT2D eigenvalue weighted by Crippen LogP contribution is -2.33. The zero-order chi connectivity index (χ0) is 14.5. The van der Waals surface area contributed by atoms with Crippen LogP contribution in [0.1, 0.15) is 44.7 Å². The summed E-state index contributed by atoms with van der Waals surface area (Å²) >= 11 is 0. The zero-order valence-electron chi connectivity index (χ0n) is 13.1. The first-order valence-corrected chi connectivity index (χ1v) is 7.59. The van der Waals surface area contributed by atoms with Crippen molar-refractivity contribution < 1.29 is 9.47 Å². The lowest BCUT2D eigenvalue weighted by molar-refractivity contribution is 0.276. The van der Waals surface area contributed by atoms with Gasteiger partial charge in [-0.25, -0.2) is 0 Å². The fourth-order valence-corrected chi connectivity index (χ4v) is 3.14. The highest BCUT2D eigenvalue weighted by atomic mass is 16.5. The largest absolute Gasteiger partial charge is 0.493 e. The molecule has 0 amide bonds. The molecule has 1 aliphatic heterocycles. The quantitative estimate of drug-likeness (QED) is 0.888. The molecule has 1 N–H and O–H groups in total. The molecular formula is C17H27NO2. The molecule has 1 saturated heterocycles. The van der Waals surface area contributed by atoms with E-state index in [0.29, 0.717) is 6.04 Å². The normalized spacial score (nSPS) is 22.9. The third-order valence-corrected chi connectivity index (χ3v) is 4.13. The fourth-order valence-electron chi connectivity index (χ4n) is 3.14. The van der Waals surface area contributed by atoms with Gasteiger partial charge in [0.15, 0.2) is 11.5 Å². The minimum Gasteiger partial charge on any atom is -0.493 e. The van der Waals surface area contributed by atoms with Crippen LogP contribution in [0.4, 0.5) is 0 Å². The van der Waals surface area contributed by atoms with E-state index < -0.39 is 0 Å². The second-order valence-electron chi connectivity index (χ2n) is 6.15. The van der Waals surface area contributed by atoms with Crippen molar-refractivity contribution in [3.63, 3.8) is 0 Å². The number of ether oxygens (including phenoxy) is 2. The number of hydrogen-bond donors (Lipinski definition) is 1.